The molecule has 0 heterocycles. The second kappa shape index (κ2) is 6.82. The van der Waals surface area contributed by atoms with Gasteiger partial charge in [0.15, 0.2) is 0 Å². The summed E-state index contributed by atoms with van der Waals surface area (Å²) < 4.78 is 59.8. The highest BCUT2D eigenvalue weighted by molar-refractivity contribution is 7.92. The Morgan fingerprint density at radius 3 is 2.04 bits per heavy atom. The number of sulfone groups is 1. The van der Waals surface area contributed by atoms with E-state index in [1.165, 1.54) is 0 Å². The van der Waals surface area contributed by atoms with Gasteiger partial charge in [0.1, 0.15) is 0 Å². The highest BCUT2D eigenvalue weighted by Gasteiger charge is 2.46. The lowest BCUT2D eigenvalue weighted by atomic mass is 10.2. The molecule has 1 amide bonds. The van der Waals surface area contributed by atoms with Gasteiger partial charge < -0.3 is 5.32 Å². The number of carbonyl (C=O) groups is 1. The molecule has 0 saturated heterocycles. The van der Waals surface area contributed by atoms with Crippen LogP contribution in [0.4, 0.5) is 13.2 Å². The van der Waals surface area contributed by atoms with Crippen LogP contribution in [0.3, 0.4) is 0 Å². The summed E-state index contributed by atoms with van der Waals surface area (Å²) in [7, 11) is -5.42. The quantitative estimate of drug-likeness (QED) is 0.886. The Hall–Kier alpha value is -2.06. The summed E-state index contributed by atoms with van der Waals surface area (Å²) in [5, 5.41) is 3.12. The first-order chi connectivity index (χ1) is 11.1. The van der Waals surface area contributed by atoms with Gasteiger partial charge in [-0.15, -0.1) is 0 Å². The van der Waals surface area contributed by atoms with Crippen LogP contribution >= 0.6 is 11.6 Å². The third-order valence-electron chi connectivity index (χ3n) is 3.10. The van der Waals surface area contributed by atoms with Gasteiger partial charge in [-0.3, -0.25) is 4.79 Å². The van der Waals surface area contributed by atoms with Crippen LogP contribution in [0.1, 0.15) is 15.9 Å². The first kappa shape index (κ1) is 18.3. The minimum atomic E-state index is -5.42. The molecular weight excluding hydrogens is 367 g/mol. The van der Waals surface area contributed by atoms with Gasteiger partial charge in [0.05, 0.1) is 4.90 Å². The average molecular weight is 378 g/mol. The van der Waals surface area contributed by atoms with Gasteiger partial charge in [-0.2, -0.15) is 13.2 Å². The van der Waals surface area contributed by atoms with Crippen molar-refractivity contribution in [1.82, 2.24) is 5.32 Å². The van der Waals surface area contributed by atoms with E-state index in [1.54, 1.807) is 24.3 Å². The lowest BCUT2D eigenvalue weighted by Crippen LogP contribution is -2.24. The number of hydrogen-bond donors (Lipinski definition) is 1. The fourth-order valence-corrected chi connectivity index (χ4v) is 2.69. The molecule has 128 valence electrons. The van der Waals surface area contributed by atoms with Crippen LogP contribution in [0.2, 0.25) is 5.02 Å². The Morgan fingerprint density at radius 2 is 1.54 bits per heavy atom. The first-order valence-electron chi connectivity index (χ1n) is 6.55. The topological polar surface area (TPSA) is 63.2 Å². The molecule has 0 aliphatic carbocycles. The SMILES string of the molecule is O=C(NCc1ccc(Cl)cc1)c1ccc(S(=O)(=O)C(F)(F)F)cc1. The van der Waals surface area contributed by atoms with Gasteiger partial charge in [0, 0.05) is 17.1 Å². The van der Waals surface area contributed by atoms with Crippen molar-refractivity contribution < 1.29 is 26.4 Å². The van der Waals surface area contributed by atoms with Gasteiger partial charge in [0.2, 0.25) is 0 Å². The summed E-state index contributed by atoms with van der Waals surface area (Å²) in [5.74, 6) is -0.541. The van der Waals surface area contributed by atoms with Crippen molar-refractivity contribution >= 4 is 27.3 Å². The Balaban J connectivity index is 2.08. The molecule has 2 aromatic rings. The maximum Gasteiger partial charge on any atom is 0.501 e. The molecule has 1 N–H and O–H groups in total. The highest BCUT2D eigenvalue weighted by Crippen LogP contribution is 2.30. The smallest absolute Gasteiger partial charge is 0.348 e. The van der Waals surface area contributed by atoms with E-state index in [4.69, 9.17) is 11.6 Å². The van der Waals surface area contributed by atoms with E-state index in [9.17, 15) is 26.4 Å². The maximum absolute atomic E-state index is 12.4. The van der Waals surface area contributed by atoms with Crippen molar-refractivity contribution in [2.45, 2.75) is 16.9 Å². The van der Waals surface area contributed by atoms with Gasteiger partial charge in [0.25, 0.3) is 15.7 Å². The molecule has 4 nitrogen and oxygen atoms in total. The van der Waals surface area contributed by atoms with E-state index < -0.39 is 26.1 Å². The first-order valence-corrected chi connectivity index (χ1v) is 8.41. The summed E-state index contributed by atoms with van der Waals surface area (Å²) in [4.78, 5) is 11.0. The molecule has 0 fully saturated rings. The molecule has 0 radical (unpaired) electrons. The second-order valence-corrected chi connectivity index (χ2v) is 7.16. The number of rotatable bonds is 4. The van der Waals surface area contributed by atoms with Crippen molar-refractivity contribution in [3.63, 3.8) is 0 Å². The normalized spacial score (nSPS) is 12.0. The summed E-state index contributed by atoms with van der Waals surface area (Å²) in [6.07, 6.45) is 0. The molecule has 2 rings (SSSR count). The standard InChI is InChI=1S/C15H11ClF3NO3S/c16-12-5-1-10(2-6-12)9-20-14(21)11-3-7-13(8-4-11)24(22,23)15(17,18)19/h1-8H,9H2,(H,20,21). The number of hydrogen-bond acceptors (Lipinski definition) is 3. The summed E-state index contributed by atoms with van der Waals surface area (Å²) in [5.41, 5.74) is -4.56. The number of carbonyl (C=O) groups excluding carboxylic acids is 1. The number of amides is 1. The molecule has 0 aliphatic rings. The van der Waals surface area contributed by atoms with Gasteiger partial charge in [-0.1, -0.05) is 23.7 Å². The molecule has 0 atom stereocenters. The zero-order valence-electron chi connectivity index (χ0n) is 12.0. The number of benzene rings is 2. The van der Waals surface area contributed by atoms with E-state index in [-0.39, 0.29) is 12.1 Å². The number of halogens is 4. The van der Waals surface area contributed by atoms with Crippen molar-refractivity contribution in [3.8, 4) is 0 Å². The molecule has 0 saturated carbocycles. The van der Waals surface area contributed by atoms with Gasteiger partial charge in [-0.05, 0) is 42.0 Å². The number of nitrogens with one attached hydrogen (secondary N) is 1. The summed E-state index contributed by atoms with van der Waals surface area (Å²) in [6.45, 7) is 0.193. The minimum absolute atomic E-state index is 0.0464. The zero-order chi connectivity index (χ0) is 18.0. The van der Waals surface area contributed by atoms with Gasteiger partial charge >= 0.3 is 5.51 Å². The molecular formula is C15H11ClF3NO3S. The lowest BCUT2D eigenvalue weighted by molar-refractivity contribution is -0.0436. The second-order valence-electron chi connectivity index (χ2n) is 4.78. The van der Waals surface area contributed by atoms with Crippen LogP contribution in [0.25, 0.3) is 0 Å². The predicted octanol–water partition coefficient (Wildman–Crippen LogP) is 3.56. The average Bonchev–Trinajstić information content (AvgIpc) is 2.53. The van der Waals surface area contributed by atoms with E-state index >= 15 is 0 Å². The third-order valence-corrected chi connectivity index (χ3v) is 4.85. The van der Waals surface area contributed by atoms with Crippen LogP contribution in [0, 0.1) is 0 Å². The summed E-state index contributed by atoms with van der Waals surface area (Å²) >= 11 is 5.74. The summed E-state index contributed by atoms with van der Waals surface area (Å²) in [6, 6.07) is 10.3. The van der Waals surface area contributed by atoms with Crippen LogP contribution in [-0.2, 0) is 16.4 Å². The third kappa shape index (κ3) is 4.07. The molecule has 2 aromatic carbocycles. The van der Waals surface area contributed by atoms with Crippen LogP contribution in [0.5, 0.6) is 0 Å². The van der Waals surface area contributed by atoms with E-state index in [0.29, 0.717) is 5.02 Å². The highest BCUT2D eigenvalue weighted by atomic mass is 35.5. The molecule has 24 heavy (non-hydrogen) atoms. The zero-order valence-corrected chi connectivity index (χ0v) is 13.5. The maximum atomic E-state index is 12.4. The Labute approximate surface area is 141 Å². The number of alkyl halides is 3. The predicted molar refractivity (Wildman–Crippen MR) is 82.3 cm³/mol. The fraction of sp³-hybridized carbons (Fsp3) is 0.133. The van der Waals surface area contributed by atoms with E-state index in [0.717, 1.165) is 29.8 Å². The molecule has 0 aliphatic heterocycles. The van der Waals surface area contributed by atoms with E-state index in [1.807, 2.05) is 0 Å². The van der Waals surface area contributed by atoms with Crippen LogP contribution in [-0.4, -0.2) is 19.8 Å². The van der Waals surface area contributed by atoms with Gasteiger partial charge in [-0.25, -0.2) is 8.42 Å². The van der Waals surface area contributed by atoms with Crippen LogP contribution < -0.4 is 5.32 Å². The molecule has 9 heteroatoms. The molecule has 0 aromatic heterocycles. The van der Waals surface area contributed by atoms with Crippen molar-refractivity contribution in [1.29, 1.82) is 0 Å². The van der Waals surface area contributed by atoms with Crippen molar-refractivity contribution in [2.75, 3.05) is 0 Å². The monoisotopic (exact) mass is 377 g/mol. The fourth-order valence-electron chi connectivity index (χ4n) is 1.81. The van der Waals surface area contributed by atoms with Crippen molar-refractivity contribution in [3.05, 3.63) is 64.7 Å². The Morgan fingerprint density at radius 1 is 1.00 bits per heavy atom. The van der Waals surface area contributed by atoms with Crippen LogP contribution in [0.15, 0.2) is 53.4 Å². The molecule has 0 unspecified atom stereocenters. The minimum Gasteiger partial charge on any atom is -0.348 e. The van der Waals surface area contributed by atoms with Crippen molar-refractivity contribution in [2.24, 2.45) is 0 Å². The lowest BCUT2D eigenvalue weighted by Gasteiger charge is -2.09. The Bertz CT molecular complexity index is 832. The molecule has 0 spiro atoms. The Kier molecular flexibility index (Phi) is 5.19. The van der Waals surface area contributed by atoms with E-state index in [2.05, 4.69) is 5.32 Å². The molecule has 0 bridgehead atoms. The largest absolute Gasteiger partial charge is 0.501 e.